The van der Waals surface area contributed by atoms with Crippen LogP contribution in [0.15, 0.2) is 36.4 Å². The predicted molar refractivity (Wildman–Crippen MR) is 94.9 cm³/mol. The summed E-state index contributed by atoms with van der Waals surface area (Å²) in [5.74, 6) is 0.194. The van der Waals surface area contributed by atoms with Crippen LogP contribution in [-0.2, 0) is 6.54 Å². The van der Waals surface area contributed by atoms with E-state index in [0.717, 1.165) is 11.6 Å². The number of nitrogens with one attached hydrogen (secondary N) is 1. The number of urea groups is 1. The van der Waals surface area contributed by atoms with E-state index in [1.165, 1.54) is 12.1 Å². The summed E-state index contributed by atoms with van der Waals surface area (Å²) in [5.41, 5.74) is 1.27. The number of carbonyl (C=O) groups is 1. The molecule has 2 heterocycles. The molecule has 0 radical (unpaired) electrons. The molecule has 8 heteroatoms. The van der Waals surface area contributed by atoms with Gasteiger partial charge in [-0.3, -0.25) is 0 Å². The Morgan fingerprint density at radius 2 is 1.78 bits per heavy atom. The monoisotopic (exact) mass is 375 g/mol. The summed E-state index contributed by atoms with van der Waals surface area (Å²) >= 11 is 0. The molecule has 0 unspecified atom stereocenters. The van der Waals surface area contributed by atoms with E-state index in [1.807, 2.05) is 23.1 Å². The number of piperazine rings is 1. The number of amides is 2. The lowest BCUT2D eigenvalue weighted by Gasteiger charge is -2.36. The van der Waals surface area contributed by atoms with Gasteiger partial charge in [0.2, 0.25) is 6.79 Å². The second kappa shape index (κ2) is 7.30. The van der Waals surface area contributed by atoms with Gasteiger partial charge in [0.25, 0.3) is 0 Å². The molecular formula is C19H19F2N3O3. The Balaban J connectivity index is 1.29. The highest BCUT2D eigenvalue weighted by Crippen LogP contribution is 2.32. The molecule has 142 valence electrons. The number of ether oxygens (including phenoxy) is 2. The number of anilines is 1. The number of halogens is 2. The van der Waals surface area contributed by atoms with Crippen LogP contribution < -0.4 is 19.7 Å². The number of hydrogen-bond acceptors (Lipinski definition) is 4. The Kier molecular flexibility index (Phi) is 4.70. The van der Waals surface area contributed by atoms with Crippen LogP contribution in [-0.4, -0.2) is 43.9 Å². The Labute approximate surface area is 155 Å². The highest BCUT2D eigenvalue weighted by molar-refractivity contribution is 5.74. The molecule has 0 atom stereocenters. The number of hydrogen-bond donors (Lipinski definition) is 1. The average molecular weight is 375 g/mol. The van der Waals surface area contributed by atoms with Gasteiger partial charge in [-0.05, 0) is 29.8 Å². The summed E-state index contributed by atoms with van der Waals surface area (Å²) in [6.07, 6.45) is 0. The quantitative estimate of drug-likeness (QED) is 0.896. The van der Waals surface area contributed by atoms with Crippen molar-refractivity contribution in [2.75, 3.05) is 37.9 Å². The molecule has 0 aromatic heterocycles. The van der Waals surface area contributed by atoms with E-state index in [-0.39, 0.29) is 12.8 Å². The van der Waals surface area contributed by atoms with Crippen molar-refractivity contribution in [3.05, 3.63) is 53.6 Å². The predicted octanol–water partition coefficient (Wildman–Crippen LogP) is 2.73. The zero-order chi connectivity index (χ0) is 18.8. The Morgan fingerprint density at radius 1 is 1.00 bits per heavy atom. The van der Waals surface area contributed by atoms with Crippen molar-refractivity contribution in [2.24, 2.45) is 0 Å². The Hall–Kier alpha value is -3.03. The first-order valence-electron chi connectivity index (χ1n) is 8.71. The molecule has 27 heavy (non-hydrogen) atoms. The van der Waals surface area contributed by atoms with Crippen molar-refractivity contribution >= 4 is 11.7 Å². The van der Waals surface area contributed by atoms with Crippen molar-refractivity contribution in [3.8, 4) is 11.5 Å². The summed E-state index contributed by atoms with van der Waals surface area (Å²) < 4.78 is 37.5. The van der Waals surface area contributed by atoms with Gasteiger partial charge < -0.3 is 24.6 Å². The van der Waals surface area contributed by atoms with Gasteiger partial charge >= 0.3 is 6.03 Å². The van der Waals surface area contributed by atoms with Crippen LogP contribution in [0.5, 0.6) is 11.5 Å². The number of fused-ring (bicyclic) bond motifs is 1. The van der Waals surface area contributed by atoms with Gasteiger partial charge in [-0.1, -0.05) is 6.07 Å². The zero-order valence-electron chi connectivity index (χ0n) is 14.6. The maximum atomic E-state index is 13.9. The Morgan fingerprint density at radius 3 is 2.56 bits per heavy atom. The molecule has 2 aromatic rings. The van der Waals surface area contributed by atoms with E-state index in [1.54, 1.807) is 4.90 Å². The van der Waals surface area contributed by atoms with E-state index in [4.69, 9.17) is 9.47 Å². The number of carbonyl (C=O) groups excluding carboxylic acids is 1. The maximum Gasteiger partial charge on any atom is 0.317 e. The first kappa shape index (κ1) is 17.4. The van der Waals surface area contributed by atoms with Crippen molar-refractivity contribution in [2.45, 2.75) is 6.54 Å². The third-order valence-electron chi connectivity index (χ3n) is 4.70. The average Bonchev–Trinajstić information content (AvgIpc) is 3.14. The number of benzene rings is 2. The molecule has 0 spiro atoms. The van der Waals surface area contributed by atoms with E-state index in [9.17, 15) is 13.6 Å². The molecule has 0 bridgehead atoms. The van der Waals surface area contributed by atoms with Crippen LogP contribution in [0.3, 0.4) is 0 Å². The van der Waals surface area contributed by atoms with Crippen molar-refractivity contribution < 1.29 is 23.0 Å². The fourth-order valence-corrected chi connectivity index (χ4v) is 3.23. The van der Waals surface area contributed by atoms with Crippen molar-refractivity contribution in [3.63, 3.8) is 0 Å². The van der Waals surface area contributed by atoms with Crippen LogP contribution in [0.4, 0.5) is 19.3 Å². The third-order valence-corrected chi connectivity index (χ3v) is 4.70. The lowest BCUT2D eigenvalue weighted by molar-refractivity contribution is 0.174. The first-order chi connectivity index (χ1) is 13.1. The minimum atomic E-state index is -0.599. The standard InChI is InChI=1S/C19H19F2N3O3/c20-14-2-3-16(15(21)10-14)23-5-7-24(8-6-23)19(25)22-11-13-1-4-17-18(9-13)27-12-26-17/h1-4,9-10H,5-8,11-12H2,(H,22,25). The lowest BCUT2D eigenvalue weighted by atomic mass is 10.2. The van der Waals surface area contributed by atoms with Gasteiger partial charge in [0, 0.05) is 38.8 Å². The molecule has 6 nitrogen and oxygen atoms in total. The van der Waals surface area contributed by atoms with Crippen LogP contribution in [0.25, 0.3) is 0 Å². The molecule has 1 N–H and O–H groups in total. The molecule has 2 aromatic carbocycles. The minimum absolute atomic E-state index is 0.174. The molecule has 2 aliphatic rings. The van der Waals surface area contributed by atoms with E-state index in [0.29, 0.717) is 49.9 Å². The molecule has 2 amide bonds. The summed E-state index contributed by atoms with van der Waals surface area (Å²) in [6.45, 7) is 2.49. The Bertz CT molecular complexity index is 854. The van der Waals surface area contributed by atoms with E-state index >= 15 is 0 Å². The van der Waals surface area contributed by atoms with Gasteiger partial charge in [-0.25, -0.2) is 13.6 Å². The van der Waals surface area contributed by atoms with Gasteiger partial charge in [-0.2, -0.15) is 0 Å². The second-order valence-corrected chi connectivity index (χ2v) is 6.42. The van der Waals surface area contributed by atoms with E-state index < -0.39 is 11.6 Å². The normalized spacial score (nSPS) is 15.8. The maximum absolute atomic E-state index is 13.9. The van der Waals surface area contributed by atoms with E-state index in [2.05, 4.69) is 5.32 Å². The van der Waals surface area contributed by atoms with Crippen LogP contribution in [0, 0.1) is 11.6 Å². The molecule has 4 rings (SSSR count). The molecule has 1 saturated heterocycles. The number of nitrogens with zero attached hydrogens (tertiary/aromatic N) is 2. The molecule has 2 aliphatic heterocycles. The summed E-state index contributed by atoms with van der Waals surface area (Å²) in [4.78, 5) is 15.9. The molecule has 0 aliphatic carbocycles. The molecule has 0 saturated carbocycles. The third kappa shape index (κ3) is 3.74. The van der Waals surface area contributed by atoms with Gasteiger partial charge in [0.15, 0.2) is 11.5 Å². The summed E-state index contributed by atoms with van der Waals surface area (Å²) in [5, 5.41) is 2.88. The second-order valence-electron chi connectivity index (χ2n) is 6.42. The van der Waals surface area contributed by atoms with Gasteiger partial charge in [-0.15, -0.1) is 0 Å². The van der Waals surface area contributed by atoms with Crippen LogP contribution in [0.1, 0.15) is 5.56 Å². The topological polar surface area (TPSA) is 54.0 Å². The largest absolute Gasteiger partial charge is 0.454 e. The first-order valence-corrected chi connectivity index (χ1v) is 8.71. The highest BCUT2D eigenvalue weighted by Gasteiger charge is 2.23. The minimum Gasteiger partial charge on any atom is -0.454 e. The number of rotatable bonds is 3. The molecular weight excluding hydrogens is 356 g/mol. The fraction of sp³-hybridized carbons (Fsp3) is 0.316. The zero-order valence-corrected chi connectivity index (χ0v) is 14.6. The highest BCUT2D eigenvalue weighted by atomic mass is 19.1. The van der Waals surface area contributed by atoms with Crippen molar-refractivity contribution in [1.29, 1.82) is 0 Å². The van der Waals surface area contributed by atoms with Crippen LogP contribution in [0.2, 0.25) is 0 Å². The SMILES string of the molecule is O=C(NCc1ccc2c(c1)OCO2)N1CCN(c2ccc(F)cc2F)CC1. The fourth-order valence-electron chi connectivity index (χ4n) is 3.23. The summed E-state index contributed by atoms with van der Waals surface area (Å²) in [6, 6.07) is 8.91. The smallest absolute Gasteiger partial charge is 0.317 e. The van der Waals surface area contributed by atoms with Gasteiger partial charge in [0.05, 0.1) is 5.69 Å². The molecule has 1 fully saturated rings. The van der Waals surface area contributed by atoms with Gasteiger partial charge in [0.1, 0.15) is 11.6 Å². The summed E-state index contributed by atoms with van der Waals surface area (Å²) in [7, 11) is 0. The van der Waals surface area contributed by atoms with Crippen LogP contribution >= 0.6 is 0 Å². The van der Waals surface area contributed by atoms with Crippen molar-refractivity contribution in [1.82, 2.24) is 10.2 Å². The lowest BCUT2D eigenvalue weighted by Crippen LogP contribution is -2.51.